The van der Waals surface area contributed by atoms with Gasteiger partial charge in [-0.25, -0.2) is 0 Å². The van der Waals surface area contributed by atoms with E-state index in [9.17, 15) is 0 Å². The first-order chi connectivity index (χ1) is 10.1. The van der Waals surface area contributed by atoms with E-state index >= 15 is 0 Å². The van der Waals surface area contributed by atoms with Crippen molar-refractivity contribution < 1.29 is 13.6 Å². The van der Waals surface area contributed by atoms with Crippen molar-refractivity contribution in [3.8, 4) is 0 Å². The summed E-state index contributed by atoms with van der Waals surface area (Å²) in [4.78, 5) is 0. The molecule has 2 rings (SSSR count). The summed E-state index contributed by atoms with van der Waals surface area (Å²) in [6.07, 6.45) is 2.35. The highest BCUT2D eigenvalue weighted by Gasteiger charge is 2.77. The molecule has 1 saturated heterocycles. The van der Waals surface area contributed by atoms with Crippen LogP contribution in [0.2, 0.25) is 36.3 Å². The van der Waals surface area contributed by atoms with Crippen LogP contribution in [-0.4, -0.2) is 41.1 Å². The van der Waals surface area contributed by atoms with Gasteiger partial charge in [-0.15, -0.1) is 0 Å². The van der Waals surface area contributed by atoms with Crippen molar-refractivity contribution in [2.24, 2.45) is 0 Å². The van der Waals surface area contributed by atoms with Crippen molar-refractivity contribution in [1.82, 2.24) is 0 Å². The summed E-state index contributed by atoms with van der Waals surface area (Å²) in [5.74, 6) is 0. The fourth-order valence-electron chi connectivity index (χ4n) is 2.41. The predicted octanol–water partition coefficient (Wildman–Crippen LogP) is 5.33. The van der Waals surface area contributed by atoms with Gasteiger partial charge in [0.2, 0.25) is 0 Å². The molecule has 2 aliphatic rings. The predicted molar refractivity (Wildman–Crippen MR) is 102 cm³/mol. The van der Waals surface area contributed by atoms with Crippen LogP contribution in [0.3, 0.4) is 0 Å². The molecule has 136 valence electrons. The lowest BCUT2D eigenvalue weighted by Gasteiger charge is -2.39. The van der Waals surface area contributed by atoms with Crippen LogP contribution in [0.1, 0.15) is 54.4 Å². The second-order valence-corrected chi connectivity index (χ2v) is 20.3. The zero-order valence-electron chi connectivity index (χ0n) is 17.1. The van der Waals surface area contributed by atoms with E-state index in [1.165, 1.54) is 12.8 Å². The summed E-state index contributed by atoms with van der Waals surface area (Å²) in [6, 6.07) is 0. The minimum Gasteiger partial charge on any atom is -0.414 e. The molecule has 0 bridgehead atoms. The minimum absolute atomic E-state index is 0.0950. The van der Waals surface area contributed by atoms with E-state index in [1.807, 2.05) is 0 Å². The highest BCUT2D eigenvalue weighted by molar-refractivity contribution is 6.74. The van der Waals surface area contributed by atoms with Gasteiger partial charge in [0, 0.05) is 0 Å². The zero-order valence-corrected chi connectivity index (χ0v) is 19.1. The number of rotatable bonds is 6. The van der Waals surface area contributed by atoms with Gasteiger partial charge in [-0.2, -0.15) is 0 Å². The molecule has 0 aromatic carbocycles. The number of hydrogen-bond acceptors (Lipinski definition) is 3. The van der Waals surface area contributed by atoms with Crippen molar-refractivity contribution in [3.63, 3.8) is 0 Å². The average molecular weight is 359 g/mol. The molecule has 5 heteroatoms. The minimum atomic E-state index is -1.75. The van der Waals surface area contributed by atoms with Crippen molar-refractivity contribution in [2.45, 2.75) is 102 Å². The van der Waals surface area contributed by atoms with E-state index in [0.717, 1.165) is 0 Å². The third-order valence-corrected chi connectivity index (χ3v) is 15.8. The number of hydrogen-bond donors (Lipinski definition) is 0. The second kappa shape index (κ2) is 5.40. The first-order valence-corrected chi connectivity index (χ1v) is 14.9. The second-order valence-electron chi connectivity index (χ2n) is 10.7. The van der Waals surface area contributed by atoms with Gasteiger partial charge in [-0.3, -0.25) is 0 Å². The maximum atomic E-state index is 6.50. The van der Waals surface area contributed by atoms with E-state index in [-0.39, 0.29) is 21.3 Å². The van der Waals surface area contributed by atoms with Crippen LogP contribution in [0.25, 0.3) is 0 Å². The van der Waals surface area contributed by atoms with Crippen molar-refractivity contribution in [2.75, 3.05) is 13.2 Å². The summed E-state index contributed by atoms with van der Waals surface area (Å²) < 4.78 is 19.2. The van der Waals surface area contributed by atoms with Gasteiger partial charge >= 0.3 is 0 Å². The Balaban J connectivity index is 2.00. The quantitative estimate of drug-likeness (QED) is 0.475. The largest absolute Gasteiger partial charge is 0.414 e. The maximum Gasteiger partial charge on any atom is 0.192 e. The summed E-state index contributed by atoms with van der Waals surface area (Å²) >= 11 is 0. The Morgan fingerprint density at radius 1 is 0.783 bits per heavy atom. The van der Waals surface area contributed by atoms with Crippen LogP contribution in [0, 0.1) is 0 Å². The molecule has 23 heavy (non-hydrogen) atoms. The smallest absolute Gasteiger partial charge is 0.192 e. The van der Waals surface area contributed by atoms with E-state index in [1.54, 1.807) is 0 Å². The Labute approximate surface area is 145 Å². The Morgan fingerprint density at radius 3 is 1.35 bits per heavy atom. The van der Waals surface area contributed by atoms with Gasteiger partial charge < -0.3 is 13.6 Å². The highest BCUT2D eigenvalue weighted by atomic mass is 28.4. The van der Waals surface area contributed by atoms with Crippen molar-refractivity contribution in [1.29, 1.82) is 0 Å². The summed E-state index contributed by atoms with van der Waals surface area (Å²) in [7, 11) is -3.49. The van der Waals surface area contributed by atoms with E-state index < -0.39 is 16.6 Å². The highest BCUT2D eigenvalue weighted by Crippen LogP contribution is 2.65. The fraction of sp³-hybridized carbons (Fsp3) is 1.00. The molecule has 0 radical (unpaired) electrons. The normalized spacial score (nSPS) is 23.2. The van der Waals surface area contributed by atoms with Crippen LogP contribution in [-0.2, 0) is 13.6 Å². The molecule has 1 spiro atoms. The molecule has 0 amide bonds. The maximum absolute atomic E-state index is 6.50. The molecular formula is C18H38O3Si2. The van der Waals surface area contributed by atoms with Crippen LogP contribution in [0.4, 0.5) is 0 Å². The third kappa shape index (κ3) is 3.64. The van der Waals surface area contributed by atoms with Crippen LogP contribution < -0.4 is 0 Å². The van der Waals surface area contributed by atoms with Crippen LogP contribution >= 0.6 is 0 Å². The average Bonchev–Trinajstić information content (AvgIpc) is 3.23. The molecular weight excluding hydrogens is 320 g/mol. The van der Waals surface area contributed by atoms with E-state index in [4.69, 9.17) is 13.6 Å². The summed E-state index contributed by atoms with van der Waals surface area (Å²) in [5, 5.41) is 0.472. The van der Waals surface area contributed by atoms with Gasteiger partial charge in [-0.05, 0) is 49.1 Å². The Bertz CT molecular complexity index is 424. The van der Waals surface area contributed by atoms with Crippen LogP contribution in [0.5, 0.6) is 0 Å². The lowest BCUT2D eigenvalue weighted by atomic mass is 10.1. The lowest BCUT2D eigenvalue weighted by Crippen LogP contribution is -2.47. The lowest BCUT2D eigenvalue weighted by molar-refractivity contribution is 0.116. The van der Waals surface area contributed by atoms with Crippen molar-refractivity contribution in [3.05, 3.63) is 0 Å². The van der Waals surface area contributed by atoms with Gasteiger partial charge in [0.25, 0.3) is 0 Å². The third-order valence-electron chi connectivity index (χ3n) is 6.83. The zero-order chi connectivity index (χ0) is 17.9. The molecule has 0 atom stereocenters. The van der Waals surface area contributed by atoms with Gasteiger partial charge in [0.05, 0.1) is 13.2 Å². The molecule has 0 unspecified atom stereocenters. The van der Waals surface area contributed by atoms with Crippen molar-refractivity contribution >= 4 is 16.6 Å². The molecule has 0 aromatic rings. The number of ether oxygens (including phenoxy) is 1. The standard InChI is InChI=1S/C18H38O3Si2/c1-15(2,3)22(7,8)19-13-18(17(21-18)11-12-17)14-20-23(9,10)16(4,5)6/h11-14H2,1-10H3. The first kappa shape index (κ1) is 19.6. The monoisotopic (exact) mass is 358 g/mol. The number of epoxide rings is 1. The molecule has 1 heterocycles. The topological polar surface area (TPSA) is 31.0 Å². The molecule has 0 aromatic heterocycles. The SMILES string of the molecule is CC(C)(C)[Si](C)(C)OCC1(CO[Si](C)(C)C(C)(C)C)OC12CC2. The Hall–Kier alpha value is 0.314. The molecule has 2 fully saturated rings. The molecule has 0 N–H and O–H groups in total. The van der Waals surface area contributed by atoms with E-state index in [0.29, 0.717) is 13.2 Å². The van der Waals surface area contributed by atoms with E-state index in [2.05, 4.69) is 67.7 Å². The summed E-state index contributed by atoms with van der Waals surface area (Å²) in [6.45, 7) is 24.4. The fourth-order valence-corrected chi connectivity index (χ4v) is 4.46. The molecule has 1 saturated carbocycles. The van der Waals surface area contributed by atoms with Gasteiger partial charge in [0.1, 0.15) is 11.2 Å². The Morgan fingerprint density at radius 2 is 1.13 bits per heavy atom. The van der Waals surface area contributed by atoms with Gasteiger partial charge in [0.15, 0.2) is 16.6 Å². The Kier molecular flexibility index (Phi) is 4.61. The summed E-state index contributed by atoms with van der Waals surface area (Å²) in [5.41, 5.74) is -0.0736. The van der Waals surface area contributed by atoms with Crippen LogP contribution in [0.15, 0.2) is 0 Å². The molecule has 1 aliphatic carbocycles. The molecule has 3 nitrogen and oxygen atoms in total. The van der Waals surface area contributed by atoms with Gasteiger partial charge in [-0.1, -0.05) is 41.5 Å². The molecule has 1 aliphatic heterocycles. The first-order valence-electron chi connectivity index (χ1n) is 9.06.